The lowest BCUT2D eigenvalue weighted by Crippen LogP contribution is -2.44. The monoisotopic (exact) mass is 535 g/mol. The largest absolute Gasteiger partial charge is 0.465 e. The first-order valence-corrected chi connectivity index (χ1v) is 13.8. The number of carboxylic acid groups (broad SMARTS) is 1. The van der Waals surface area contributed by atoms with Crippen molar-refractivity contribution in [1.82, 2.24) is 14.9 Å². The Morgan fingerprint density at radius 2 is 1.92 bits per heavy atom. The summed E-state index contributed by atoms with van der Waals surface area (Å²) in [5.41, 5.74) is 2.33. The molecule has 1 saturated heterocycles. The molecule has 3 N–H and O–H groups in total. The summed E-state index contributed by atoms with van der Waals surface area (Å²) in [6.45, 7) is 0.876. The molecule has 5 rings (SSSR count). The molecule has 196 valence electrons. The van der Waals surface area contributed by atoms with Crippen molar-refractivity contribution in [3.63, 3.8) is 0 Å². The maximum atomic E-state index is 14.8. The Labute approximate surface area is 219 Å². The molecule has 9 nitrogen and oxygen atoms in total. The second-order valence-corrected chi connectivity index (χ2v) is 10.9. The number of likely N-dealkylation sites (tertiary alicyclic amines) is 1. The van der Waals surface area contributed by atoms with Crippen molar-refractivity contribution in [3.05, 3.63) is 84.3 Å². The average molecular weight is 536 g/mol. The van der Waals surface area contributed by atoms with Crippen LogP contribution in [0.5, 0.6) is 0 Å². The smallest absolute Gasteiger partial charge is 0.407 e. The Bertz CT molecular complexity index is 1580. The number of anilines is 2. The standard InChI is InChI=1S/C27H26FN5O4S/c28-24-10-9-21(32-38(36,37)17-18-5-2-1-3-6-18)14-23(24)19-8-11-25-20(13-19)15-29-26(31-25)30-22-7-4-12-33(16-22)27(34)35/h1-3,5-6,8-11,13-15,22,32H,4,7,12,16-17H2,(H,34,35)(H,29,30,31)/t22-/m0/s1. The Morgan fingerprint density at radius 3 is 2.71 bits per heavy atom. The molecule has 1 aromatic heterocycles. The van der Waals surface area contributed by atoms with Crippen LogP contribution >= 0.6 is 0 Å². The molecular formula is C27H26FN5O4S. The van der Waals surface area contributed by atoms with Crippen LogP contribution in [0.4, 0.5) is 20.8 Å². The number of sulfonamides is 1. The van der Waals surface area contributed by atoms with Gasteiger partial charge in [0.05, 0.1) is 11.3 Å². The lowest BCUT2D eigenvalue weighted by atomic mass is 10.0. The predicted octanol–water partition coefficient (Wildman–Crippen LogP) is 4.93. The first kappa shape index (κ1) is 25.4. The summed E-state index contributed by atoms with van der Waals surface area (Å²) >= 11 is 0. The molecule has 38 heavy (non-hydrogen) atoms. The van der Waals surface area contributed by atoms with Gasteiger partial charge in [-0.15, -0.1) is 0 Å². The normalized spacial score (nSPS) is 15.8. The number of halogens is 1. The van der Waals surface area contributed by atoms with Gasteiger partial charge in [0.25, 0.3) is 0 Å². The first-order valence-electron chi connectivity index (χ1n) is 12.1. The maximum Gasteiger partial charge on any atom is 0.407 e. The minimum atomic E-state index is -3.69. The van der Waals surface area contributed by atoms with Crippen molar-refractivity contribution in [2.45, 2.75) is 24.6 Å². The zero-order valence-corrected chi connectivity index (χ0v) is 21.2. The highest BCUT2D eigenvalue weighted by atomic mass is 32.2. The second-order valence-electron chi connectivity index (χ2n) is 9.22. The lowest BCUT2D eigenvalue weighted by Gasteiger charge is -2.31. The van der Waals surface area contributed by atoms with E-state index in [-0.39, 0.29) is 23.0 Å². The third-order valence-electron chi connectivity index (χ3n) is 6.36. The van der Waals surface area contributed by atoms with Crippen molar-refractivity contribution >= 4 is 38.7 Å². The van der Waals surface area contributed by atoms with E-state index in [0.717, 1.165) is 12.8 Å². The fourth-order valence-electron chi connectivity index (χ4n) is 4.54. The molecule has 1 atom stereocenters. The fourth-order valence-corrected chi connectivity index (χ4v) is 5.73. The summed E-state index contributed by atoms with van der Waals surface area (Å²) in [4.78, 5) is 21.5. The van der Waals surface area contributed by atoms with Gasteiger partial charge >= 0.3 is 6.09 Å². The van der Waals surface area contributed by atoms with E-state index >= 15 is 0 Å². The number of nitrogens with zero attached hydrogens (tertiary/aromatic N) is 3. The van der Waals surface area contributed by atoms with E-state index in [2.05, 4.69) is 20.0 Å². The highest BCUT2D eigenvalue weighted by Gasteiger charge is 2.23. The van der Waals surface area contributed by atoms with Gasteiger partial charge < -0.3 is 15.3 Å². The third kappa shape index (κ3) is 6.00. The summed E-state index contributed by atoms with van der Waals surface area (Å²) in [5.74, 6) is -0.294. The van der Waals surface area contributed by atoms with Gasteiger partial charge in [0.2, 0.25) is 16.0 Å². The topological polar surface area (TPSA) is 125 Å². The highest BCUT2D eigenvalue weighted by Crippen LogP contribution is 2.29. The predicted molar refractivity (Wildman–Crippen MR) is 144 cm³/mol. The van der Waals surface area contributed by atoms with E-state index in [0.29, 0.717) is 41.1 Å². The molecular weight excluding hydrogens is 509 g/mol. The van der Waals surface area contributed by atoms with E-state index in [1.54, 1.807) is 48.7 Å². The molecule has 0 bridgehead atoms. The zero-order valence-electron chi connectivity index (χ0n) is 20.3. The number of hydrogen-bond acceptors (Lipinski definition) is 6. The number of nitrogens with one attached hydrogen (secondary N) is 2. The summed E-state index contributed by atoms with van der Waals surface area (Å²) in [5, 5.41) is 13.1. The second kappa shape index (κ2) is 10.6. The fraction of sp³-hybridized carbons (Fsp3) is 0.222. The van der Waals surface area contributed by atoms with Crippen molar-refractivity contribution in [2.24, 2.45) is 0 Å². The van der Waals surface area contributed by atoms with Gasteiger partial charge in [-0.05, 0) is 54.3 Å². The maximum absolute atomic E-state index is 14.8. The summed E-state index contributed by atoms with van der Waals surface area (Å²) < 4.78 is 42.6. The number of hydrogen-bond donors (Lipinski definition) is 3. The Balaban J connectivity index is 1.34. The van der Waals surface area contributed by atoms with Crippen molar-refractivity contribution in [3.8, 4) is 11.1 Å². The Hall–Kier alpha value is -4.25. The van der Waals surface area contributed by atoms with Crippen LogP contribution in [0.3, 0.4) is 0 Å². The molecule has 3 aromatic carbocycles. The van der Waals surface area contributed by atoms with Crippen LogP contribution in [0.25, 0.3) is 22.0 Å². The average Bonchev–Trinajstić information content (AvgIpc) is 2.90. The number of aromatic nitrogens is 2. The van der Waals surface area contributed by atoms with E-state index in [1.165, 1.54) is 23.1 Å². The van der Waals surface area contributed by atoms with Crippen molar-refractivity contribution < 1.29 is 22.7 Å². The molecule has 1 amide bonds. The molecule has 4 aromatic rings. The van der Waals surface area contributed by atoms with E-state index in [1.807, 2.05) is 6.07 Å². The number of piperidine rings is 1. The molecule has 0 aliphatic carbocycles. The molecule has 2 heterocycles. The van der Waals surface area contributed by atoms with Gasteiger partial charge in [-0.25, -0.2) is 27.6 Å². The van der Waals surface area contributed by atoms with Gasteiger partial charge in [0.1, 0.15) is 5.82 Å². The quantitative estimate of drug-likeness (QED) is 0.306. The summed E-state index contributed by atoms with van der Waals surface area (Å²) in [6, 6.07) is 18.0. The van der Waals surface area contributed by atoms with Crippen LogP contribution in [-0.2, 0) is 15.8 Å². The number of rotatable bonds is 7. The Morgan fingerprint density at radius 1 is 1.11 bits per heavy atom. The molecule has 0 spiro atoms. The number of benzene rings is 3. The lowest BCUT2D eigenvalue weighted by molar-refractivity contribution is 0.132. The van der Waals surface area contributed by atoms with E-state index < -0.39 is 21.9 Å². The highest BCUT2D eigenvalue weighted by molar-refractivity contribution is 7.91. The van der Waals surface area contributed by atoms with Crippen LogP contribution in [-0.4, -0.2) is 53.6 Å². The zero-order chi connectivity index (χ0) is 26.7. The number of fused-ring (bicyclic) bond motifs is 1. The van der Waals surface area contributed by atoms with Crippen LogP contribution in [0, 0.1) is 5.82 Å². The molecule has 0 unspecified atom stereocenters. The summed E-state index contributed by atoms with van der Waals surface area (Å²) in [7, 11) is -3.69. The van der Waals surface area contributed by atoms with Gasteiger partial charge in [-0.3, -0.25) is 4.72 Å². The van der Waals surface area contributed by atoms with Gasteiger partial charge in [0, 0.05) is 42.0 Å². The number of carbonyl (C=O) groups is 1. The third-order valence-corrected chi connectivity index (χ3v) is 7.62. The van der Waals surface area contributed by atoms with Crippen molar-refractivity contribution in [1.29, 1.82) is 0 Å². The van der Waals surface area contributed by atoms with Gasteiger partial charge in [-0.1, -0.05) is 36.4 Å². The van der Waals surface area contributed by atoms with Crippen LogP contribution in [0.1, 0.15) is 18.4 Å². The number of amides is 1. The Kier molecular flexibility index (Phi) is 7.10. The SMILES string of the molecule is O=C(O)N1CCC[C@H](Nc2ncc3cc(-c4cc(NS(=O)(=O)Cc5ccccc5)ccc4F)ccc3n2)C1. The minimum Gasteiger partial charge on any atom is -0.465 e. The molecule has 1 aliphatic heterocycles. The van der Waals surface area contributed by atoms with Crippen LogP contribution in [0.2, 0.25) is 0 Å². The van der Waals surface area contributed by atoms with Crippen LogP contribution < -0.4 is 10.0 Å². The van der Waals surface area contributed by atoms with Crippen LogP contribution in [0.15, 0.2) is 72.9 Å². The molecule has 0 radical (unpaired) electrons. The van der Waals surface area contributed by atoms with Gasteiger partial charge in [-0.2, -0.15) is 0 Å². The molecule has 0 saturated carbocycles. The first-order chi connectivity index (χ1) is 18.3. The molecule has 1 aliphatic rings. The van der Waals surface area contributed by atoms with E-state index in [9.17, 15) is 22.7 Å². The molecule has 1 fully saturated rings. The van der Waals surface area contributed by atoms with E-state index in [4.69, 9.17) is 0 Å². The van der Waals surface area contributed by atoms with Gasteiger partial charge in [0.15, 0.2) is 0 Å². The summed E-state index contributed by atoms with van der Waals surface area (Å²) in [6.07, 6.45) is 2.25. The molecule has 11 heteroatoms. The minimum absolute atomic E-state index is 0.0842. The van der Waals surface area contributed by atoms with Crippen molar-refractivity contribution in [2.75, 3.05) is 23.1 Å².